The zero-order valence-electron chi connectivity index (χ0n) is 19.3. The lowest BCUT2D eigenvalue weighted by molar-refractivity contribution is -0.142. The van der Waals surface area contributed by atoms with Crippen molar-refractivity contribution in [3.63, 3.8) is 0 Å². The van der Waals surface area contributed by atoms with Crippen molar-refractivity contribution in [1.82, 2.24) is 5.32 Å². The fourth-order valence-electron chi connectivity index (χ4n) is 3.68. The molecule has 2 aromatic carbocycles. The molecule has 3 amide bonds. The first-order valence-electron chi connectivity index (χ1n) is 10.7. The van der Waals surface area contributed by atoms with Gasteiger partial charge in [-0.3, -0.25) is 19.2 Å². The maximum atomic E-state index is 13.0. The number of anilines is 2. The van der Waals surface area contributed by atoms with E-state index in [1.165, 1.54) is 31.6 Å². The highest BCUT2D eigenvalue weighted by molar-refractivity contribution is 6.12. The third-order valence-electron chi connectivity index (χ3n) is 5.26. The van der Waals surface area contributed by atoms with Gasteiger partial charge in [-0.1, -0.05) is 6.07 Å². The lowest BCUT2D eigenvalue weighted by Crippen LogP contribution is -2.42. The van der Waals surface area contributed by atoms with Crippen LogP contribution in [0.1, 0.15) is 38.5 Å². The Bertz CT molecular complexity index is 1290. The Morgan fingerprint density at radius 2 is 1.83 bits per heavy atom. The number of hydrogen-bond donors (Lipinski definition) is 3. The summed E-state index contributed by atoms with van der Waals surface area (Å²) in [7, 11) is 1.19. The van der Waals surface area contributed by atoms with Gasteiger partial charge in [-0.05, 0) is 61.4 Å². The van der Waals surface area contributed by atoms with E-state index >= 15 is 0 Å². The van der Waals surface area contributed by atoms with E-state index in [1.807, 2.05) is 32.0 Å². The first-order valence-corrected chi connectivity index (χ1v) is 10.7. The van der Waals surface area contributed by atoms with Crippen LogP contribution >= 0.6 is 0 Å². The molecule has 10 heteroatoms. The molecule has 0 spiro atoms. The highest BCUT2D eigenvalue weighted by Gasteiger charge is 2.31. The first kappa shape index (κ1) is 23.6. The lowest BCUT2D eigenvalue weighted by atomic mass is 10.1. The molecule has 0 aliphatic carbocycles. The molecule has 0 bridgehead atoms. The molecule has 35 heavy (non-hydrogen) atoms. The zero-order valence-corrected chi connectivity index (χ0v) is 19.3. The molecule has 0 radical (unpaired) electrons. The van der Waals surface area contributed by atoms with E-state index in [0.29, 0.717) is 5.75 Å². The smallest absolute Gasteiger partial charge is 0.308 e. The summed E-state index contributed by atoms with van der Waals surface area (Å²) in [5.74, 6) is -1.66. The third kappa shape index (κ3) is 5.32. The van der Waals surface area contributed by atoms with Gasteiger partial charge in [0.25, 0.3) is 11.8 Å². The van der Waals surface area contributed by atoms with Crippen LogP contribution in [0.15, 0.2) is 53.1 Å². The quantitative estimate of drug-likeness (QED) is 0.462. The Labute approximate surface area is 200 Å². The molecule has 3 aromatic rings. The van der Waals surface area contributed by atoms with Gasteiger partial charge in [0.05, 0.1) is 36.7 Å². The van der Waals surface area contributed by atoms with E-state index in [4.69, 9.17) is 9.15 Å². The number of hydrogen-bond acceptors (Lipinski definition) is 7. The van der Waals surface area contributed by atoms with Gasteiger partial charge >= 0.3 is 5.97 Å². The van der Waals surface area contributed by atoms with Crippen LogP contribution in [0.4, 0.5) is 11.4 Å². The number of nitrogens with one attached hydrogen (secondary N) is 3. The van der Waals surface area contributed by atoms with Crippen LogP contribution in [0, 0.1) is 13.8 Å². The van der Waals surface area contributed by atoms with Crippen molar-refractivity contribution in [1.29, 1.82) is 0 Å². The molecule has 0 unspecified atom stereocenters. The summed E-state index contributed by atoms with van der Waals surface area (Å²) in [5.41, 5.74) is 2.37. The molecule has 1 aromatic heterocycles. The van der Waals surface area contributed by atoms with E-state index in [9.17, 15) is 19.2 Å². The number of amides is 3. The molecule has 180 valence electrons. The van der Waals surface area contributed by atoms with Crippen LogP contribution in [0.3, 0.4) is 0 Å². The SMILES string of the molecule is COC(=O)C[C@@H]1NC(=O)c2cc(Oc3cc(C)cc(C)c3)c(NC(=O)c3ccco3)cc2NC1=O. The summed E-state index contributed by atoms with van der Waals surface area (Å²) in [6.45, 7) is 3.84. The molecule has 0 saturated carbocycles. The topological polar surface area (TPSA) is 136 Å². The van der Waals surface area contributed by atoms with E-state index in [-0.39, 0.29) is 34.9 Å². The second-order valence-corrected chi connectivity index (χ2v) is 8.05. The molecule has 1 aliphatic rings. The van der Waals surface area contributed by atoms with Crippen molar-refractivity contribution in [3.8, 4) is 11.5 Å². The molecule has 1 aliphatic heterocycles. The van der Waals surface area contributed by atoms with E-state index < -0.39 is 29.7 Å². The van der Waals surface area contributed by atoms with Crippen LogP contribution in [-0.2, 0) is 14.3 Å². The van der Waals surface area contributed by atoms with Gasteiger partial charge in [0.15, 0.2) is 11.5 Å². The average Bonchev–Trinajstić information content (AvgIpc) is 3.31. The molecule has 4 rings (SSSR count). The van der Waals surface area contributed by atoms with Crippen LogP contribution in [0.25, 0.3) is 0 Å². The summed E-state index contributed by atoms with van der Waals surface area (Å²) >= 11 is 0. The lowest BCUT2D eigenvalue weighted by Gasteiger charge is -2.16. The Hall–Kier alpha value is -4.60. The van der Waals surface area contributed by atoms with Crippen LogP contribution in [0.5, 0.6) is 11.5 Å². The average molecular weight is 477 g/mol. The number of benzene rings is 2. The summed E-state index contributed by atoms with van der Waals surface area (Å²) in [4.78, 5) is 50.0. The Kier molecular flexibility index (Phi) is 6.54. The van der Waals surface area contributed by atoms with Crippen LogP contribution < -0.4 is 20.7 Å². The van der Waals surface area contributed by atoms with E-state index in [2.05, 4.69) is 20.7 Å². The number of methoxy groups -OCH3 is 1. The van der Waals surface area contributed by atoms with E-state index in [1.54, 1.807) is 6.07 Å². The highest BCUT2D eigenvalue weighted by Crippen LogP contribution is 2.36. The predicted molar refractivity (Wildman–Crippen MR) is 126 cm³/mol. The summed E-state index contributed by atoms with van der Waals surface area (Å²) in [5, 5.41) is 7.86. The van der Waals surface area contributed by atoms with Crippen LogP contribution in [-0.4, -0.2) is 36.8 Å². The van der Waals surface area contributed by atoms with Crippen molar-refractivity contribution in [2.75, 3.05) is 17.7 Å². The highest BCUT2D eigenvalue weighted by atomic mass is 16.5. The summed E-state index contributed by atoms with van der Waals surface area (Å²) in [6, 6.07) is 10.4. The molecule has 10 nitrogen and oxygen atoms in total. The standard InChI is InChI=1S/C25H23N3O7/c1-13-7-14(2)9-15(8-13)35-21-10-16-17(11-18(21)27-25(32)20-5-4-6-34-20)26-24(31)19(28-23(16)30)12-22(29)33-3/h4-11,19H,12H2,1-3H3,(H,26,31)(H,27,32)(H,28,30)/t19-/m0/s1. The molecule has 0 fully saturated rings. The fourth-order valence-corrected chi connectivity index (χ4v) is 3.68. The van der Waals surface area contributed by atoms with Gasteiger partial charge in [0.2, 0.25) is 5.91 Å². The Balaban J connectivity index is 1.74. The van der Waals surface area contributed by atoms with Gasteiger partial charge in [0, 0.05) is 0 Å². The maximum absolute atomic E-state index is 13.0. The van der Waals surface area contributed by atoms with E-state index in [0.717, 1.165) is 11.1 Å². The van der Waals surface area contributed by atoms with Crippen molar-refractivity contribution >= 4 is 35.1 Å². The first-order chi connectivity index (χ1) is 16.7. The van der Waals surface area contributed by atoms with Gasteiger partial charge in [-0.2, -0.15) is 0 Å². The summed E-state index contributed by atoms with van der Waals surface area (Å²) < 4.78 is 15.8. The number of furan rings is 1. The van der Waals surface area contributed by atoms with Crippen LogP contribution in [0.2, 0.25) is 0 Å². The molecular formula is C25H23N3O7. The minimum Gasteiger partial charge on any atom is -0.469 e. The number of ether oxygens (including phenoxy) is 2. The predicted octanol–water partition coefficient (Wildman–Crippen LogP) is 3.55. The molecule has 2 heterocycles. The van der Waals surface area contributed by atoms with Crippen molar-refractivity contribution in [2.45, 2.75) is 26.3 Å². The minimum atomic E-state index is -1.13. The monoisotopic (exact) mass is 477 g/mol. The zero-order chi connectivity index (χ0) is 25.1. The molecule has 3 N–H and O–H groups in total. The minimum absolute atomic E-state index is 0.0669. The number of rotatable bonds is 6. The number of fused-ring (bicyclic) bond motifs is 1. The second kappa shape index (κ2) is 9.72. The maximum Gasteiger partial charge on any atom is 0.308 e. The number of carbonyl (C=O) groups excluding carboxylic acids is 4. The second-order valence-electron chi connectivity index (χ2n) is 8.05. The van der Waals surface area contributed by atoms with Gasteiger partial charge in [-0.25, -0.2) is 0 Å². The van der Waals surface area contributed by atoms with Crippen molar-refractivity contribution in [3.05, 3.63) is 71.2 Å². The normalized spacial score (nSPS) is 14.8. The fraction of sp³-hybridized carbons (Fsp3) is 0.200. The number of esters is 1. The third-order valence-corrected chi connectivity index (χ3v) is 5.26. The number of aryl methyl sites for hydroxylation is 2. The number of carbonyl (C=O) groups is 4. The Morgan fingerprint density at radius 3 is 2.49 bits per heavy atom. The summed E-state index contributed by atoms with van der Waals surface area (Å²) in [6.07, 6.45) is 1.03. The van der Waals surface area contributed by atoms with Crippen molar-refractivity contribution in [2.24, 2.45) is 0 Å². The Morgan fingerprint density at radius 1 is 1.09 bits per heavy atom. The molecular weight excluding hydrogens is 454 g/mol. The van der Waals surface area contributed by atoms with Gasteiger partial charge in [-0.15, -0.1) is 0 Å². The molecule has 1 atom stereocenters. The molecule has 0 saturated heterocycles. The largest absolute Gasteiger partial charge is 0.469 e. The van der Waals surface area contributed by atoms with Crippen molar-refractivity contribution < 1.29 is 33.1 Å². The van der Waals surface area contributed by atoms with Gasteiger partial charge in [0.1, 0.15) is 11.8 Å². The van der Waals surface area contributed by atoms with Gasteiger partial charge < -0.3 is 29.8 Å².